The van der Waals surface area contributed by atoms with E-state index in [0.717, 1.165) is 0 Å². The Morgan fingerprint density at radius 1 is 1.15 bits per heavy atom. The van der Waals surface area contributed by atoms with Crippen molar-refractivity contribution < 1.29 is 43.4 Å². The van der Waals surface area contributed by atoms with E-state index >= 15 is 0 Å². The molecule has 0 bridgehead atoms. The number of hydrogen-bond acceptors (Lipinski definition) is 4. The quantitative estimate of drug-likeness (QED) is 0.395. The molecule has 0 atom stereocenters. The monoisotopic (exact) mass is 581 g/mol. The Hall–Kier alpha value is -1.09. The average Bonchev–Trinajstić information content (AvgIpc) is 2.51. The second-order valence-electron chi connectivity index (χ2n) is 5.92. The van der Waals surface area contributed by atoms with E-state index < -0.39 is 46.2 Å². The molecule has 0 N–H and O–H groups in total. The Balaban J connectivity index is 2.56. The van der Waals surface area contributed by atoms with Crippen LogP contribution in [-0.4, -0.2) is 50.9 Å². The molecule has 2 rings (SSSR count). The molecule has 0 amide bonds. The number of hydrogen-bond donors (Lipinski definition) is 0. The number of halogens is 6. The first kappa shape index (κ1) is 21.2. The summed E-state index contributed by atoms with van der Waals surface area (Å²) in [6.07, 6.45) is -9.82. The molecule has 0 saturated carbocycles. The summed E-state index contributed by atoms with van der Waals surface area (Å²) in [5.74, 6) is -2.59. The second kappa shape index (κ2) is 7.50. The van der Waals surface area contributed by atoms with E-state index in [-0.39, 0.29) is 45.0 Å². The van der Waals surface area contributed by atoms with E-state index in [9.17, 15) is 31.1 Å². The third-order valence-electron chi connectivity index (χ3n) is 4.12. The van der Waals surface area contributed by atoms with Gasteiger partial charge < -0.3 is 0 Å². The van der Waals surface area contributed by atoms with Gasteiger partial charge in [-0.15, -0.1) is 0 Å². The van der Waals surface area contributed by atoms with Crippen LogP contribution in [0.1, 0.15) is 34.8 Å². The van der Waals surface area contributed by atoms with Crippen LogP contribution in [0.2, 0.25) is 0 Å². The van der Waals surface area contributed by atoms with Gasteiger partial charge in [0.25, 0.3) is 0 Å². The van der Waals surface area contributed by atoms with E-state index in [2.05, 4.69) is 2.81 Å². The molecule has 1 aliphatic rings. The minimum atomic E-state index is -5.15. The molecule has 1 heterocycles. The van der Waals surface area contributed by atoms with Crippen molar-refractivity contribution in [3.8, 4) is 5.75 Å². The van der Waals surface area contributed by atoms with Crippen molar-refractivity contribution in [2.24, 2.45) is 5.41 Å². The Morgan fingerprint density at radius 2 is 1.65 bits per heavy atom. The molecule has 11 heteroatoms. The van der Waals surface area contributed by atoms with Gasteiger partial charge in [-0.3, -0.25) is 0 Å². The molecular weight excluding hydrogens is 567 g/mol. The molecule has 1 aromatic carbocycles. The number of carbonyl (C=O) groups is 1. The molecule has 145 valence electrons. The Morgan fingerprint density at radius 3 is 1.96 bits per heavy atom. The summed E-state index contributed by atoms with van der Waals surface area (Å²) in [6, 6.07) is 0.640. The van der Waals surface area contributed by atoms with Crippen molar-refractivity contribution in [1.29, 1.82) is 0 Å². The normalized spacial score (nSPS) is 16.8. The maximum absolute atomic E-state index is 13.3. The zero-order chi connectivity index (χ0) is 19.8. The summed E-state index contributed by atoms with van der Waals surface area (Å²) in [7, 11) is 0. The average molecular weight is 581 g/mol. The first-order chi connectivity index (χ1) is 11.9. The zero-order valence-corrected chi connectivity index (χ0v) is 17.3. The van der Waals surface area contributed by atoms with Gasteiger partial charge in [0.1, 0.15) is 0 Å². The first-order valence-electron chi connectivity index (χ1n) is 7.34. The van der Waals surface area contributed by atoms with Gasteiger partial charge in [-0.25, -0.2) is 0 Å². The molecule has 1 fully saturated rings. The van der Waals surface area contributed by atoms with Crippen molar-refractivity contribution in [2.75, 3.05) is 19.8 Å². The fraction of sp³-hybridized carbons (Fsp3) is 0.533. The Labute approximate surface area is 160 Å². The molecule has 4 nitrogen and oxygen atoms in total. The molecule has 0 aromatic heterocycles. The van der Waals surface area contributed by atoms with Crippen LogP contribution in [0.15, 0.2) is 12.1 Å². The van der Waals surface area contributed by atoms with Gasteiger partial charge in [-0.1, -0.05) is 0 Å². The second-order valence-corrected chi connectivity index (χ2v) is 6.71. The molecule has 1 radical (unpaired) electrons. The fourth-order valence-corrected chi connectivity index (χ4v) is 2.85. The topological polar surface area (TPSA) is 44.8 Å². The van der Waals surface area contributed by atoms with Gasteiger partial charge in [0.2, 0.25) is 0 Å². The van der Waals surface area contributed by atoms with Gasteiger partial charge in [-0.2, -0.15) is 0 Å². The van der Waals surface area contributed by atoms with Crippen molar-refractivity contribution in [3.63, 3.8) is 0 Å². The summed E-state index contributed by atoms with van der Waals surface area (Å²) < 4.78 is 94.5. The van der Waals surface area contributed by atoms with Crippen molar-refractivity contribution >= 4 is 31.1 Å². The molecule has 0 aliphatic carbocycles. The van der Waals surface area contributed by atoms with E-state index in [4.69, 9.17) is 9.47 Å². The summed E-state index contributed by atoms with van der Waals surface area (Å²) in [6.45, 7) is 1.76. The number of carbonyl (C=O) groups excluding carboxylic acids is 1. The Kier molecular flexibility index (Phi) is 6.12. The molecule has 1 saturated heterocycles. The van der Waals surface area contributed by atoms with E-state index in [0.29, 0.717) is 18.6 Å². The Bertz CT molecular complexity index is 641. The van der Waals surface area contributed by atoms with Crippen molar-refractivity contribution in [2.45, 2.75) is 25.7 Å². The molecule has 0 unspecified atom stereocenters. The third kappa shape index (κ3) is 4.42. The van der Waals surface area contributed by atoms with Crippen LogP contribution in [0.3, 0.4) is 0 Å². The van der Waals surface area contributed by atoms with E-state index in [1.165, 1.54) is 0 Å². The third-order valence-corrected chi connectivity index (χ3v) is 4.84. The van der Waals surface area contributed by atoms with Gasteiger partial charge in [0, 0.05) is 0 Å². The predicted molar refractivity (Wildman–Crippen MR) is 78.0 cm³/mol. The van der Waals surface area contributed by atoms with Crippen LogP contribution in [0, 0.1) is 5.41 Å². The van der Waals surface area contributed by atoms with Crippen molar-refractivity contribution in [1.82, 2.24) is 0 Å². The van der Waals surface area contributed by atoms with Crippen LogP contribution in [0.5, 0.6) is 5.75 Å². The van der Waals surface area contributed by atoms with Crippen LogP contribution in [0.25, 0.3) is 0 Å². The van der Waals surface area contributed by atoms with Crippen LogP contribution < -0.4 is 4.74 Å². The van der Waals surface area contributed by atoms with Gasteiger partial charge in [0.15, 0.2) is 0 Å². The standard InChI is InChI=1S/C15H14F6O4.Bi.H/c1-2-13(5-24-6-13)7-25-11-9(14(16,17)18)3-8(12(22)23)4-10(11)15(19,20)21;;/h3-4H,2,5-7H2,1H3,(H,22,23);;/q;+1;/p-1. The number of rotatable bonds is 5. The molecular formula is C15H14BiF6O4. The summed E-state index contributed by atoms with van der Waals surface area (Å²) >= 11 is -0.174. The van der Waals surface area contributed by atoms with Gasteiger partial charge in [-0.05, 0) is 0 Å². The zero-order valence-electron chi connectivity index (χ0n) is 13.4. The minimum absolute atomic E-state index is 0.174. The summed E-state index contributed by atoms with van der Waals surface area (Å²) in [4.78, 5) is 11.5. The van der Waals surface area contributed by atoms with E-state index in [1.807, 2.05) is 0 Å². The number of benzene rings is 1. The number of alkyl halides is 6. The van der Waals surface area contributed by atoms with Crippen LogP contribution in [0.4, 0.5) is 26.3 Å². The van der Waals surface area contributed by atoms with Crippen LogP contribution >= 0.6 is 0 Å². The summed E-state index contributed by atoms with van der Waals surface area (Å²) in [5, 5.41) is 0. The van der Waals surface area contributed by atoms with Crippen molar-refractivity contribution in [3.05, 3.63) is 28.8 Å². The van der Waals surface area contributed by atoms with E-state index in [1.54, 1.807) is 6.92 Å². The SMILES string of the molecule is CCC1(COc2c(C(F)(F)F)cc(C(=O)[O][BiH])cc2C(F)(F)F)COC1. The molecule has 0 spiro atoms. The maximum atomic E-state index is 13.3. The van der Waals surface area contributed by atoms with Crippen LogP contribution in [-0.2, 0) is 19.9 Å². The molecule has 26 heavy (non-hydrogen) atoms. The molecule has 1 aromatic rings. The predicted octanol–water partition coefficient (Wildman–Crippen LogP) is 3.50. The van der Waals surface area contributed by atoms with Gasteiger partial charge in [0.05, 0.1) is 0 Å². The first-order valence-corrected chi connectivity index (χ1v) is 8.93. The summed E-state index contributed by atoms with van der Waals surface area (Å²) in [5.41, 5.74) is -4.79. The fourth-order valence-electron chi connectivity index (χ4n) is 2.39. The molecule has 1 aliphatic heterocycles. The number of ether oxygens (including phenoxy) is 2. The van der Waals surface area contributed by atoms with Gasteiger partial charge >= 0.3 is 160 Å².